The highest BCUT2D eigenvalue weighted by atomic mass is 19.1. The van der Waals surface area contributed by atoms with E-state index in [9.17, 15) is 29.0 Å². The van der Waals surface area contributed by atoms with Crippen LogP contribution in [0.2, 0.25) is 0 Å². The maximum absolute atomic E-state index is 13.3. The fraction of sp³-hybridized carbons (Fsp3) is 0.421. The number of hydrogen-bond acceptors (Lipinski definition) is 4. The van der Waals surface area contributed by atoms with E-state index in [1.807, 2.05) is 13.8 Å². The number of carboxylic acids is 2. The van der Waals surface area contributed by atoms with Crippen molar-refractivity contribution in [2.24, 2.45) is 5.92 Å². The molecule has 0 aliphatic carbocycles. The van der Waals surface area contributed by atoms with Gasteiger partial charge in [-0.15, -0.1) is 0 Å². The molecule has 0 bridgehead atoms. The van der Waals surface area contributed by atoms with Crippen molar-refractivity contribution in [3.05, 3.63) is 58.5 Å². The quantitative estimate of drug-likeness (QED) is 0.562. The van der Waals surface area contributed by atoms with Gasteiger partial charge < -0.3 is 10.2 Å². The number of nitrogens with zero attached hydrogens (tertiary/aromatic N) is 2. The average Bonchev–Trinajstić information content (AvgIpc) is 2.93. The molecule has 1 unspecified atom stereocenters. The first-order valence-corrected chi connectivity index (χ1v) is 8.89. The number of benzene rings is 1. The maximum Gasteiger partial charge on any atom is 0.328 e. The van der Waals surface area contributed by atoms with Gasteiger partial charge in [-0.25, -0.2) is 9.18 Å². The molecule has 3 N–H and O–H groups in total. The SMILES string of the molecule is CC(C)C[C@H](NC(Cn1ccn(Cc2cccc(F)c2)c1=O)C(=O)O)C(=O)O. The molecule has 0 spiro atoms. The lowest BCUT2D eigenvalue weighted by atomic mass is 10.0. The fourth-order valence-electron chi connectivity index (χ4n) is 2.90. The molecule has 0 radical (unpaired) electrons. The lowest BCUT2D eigenvalue weighted by Gasteiger charge is -2.21. The standard InChI is InChI=1S/C19H24FN3O5/c1-12(2)8-15(17(24)25)21-16(18(26)27)11-23-7-6-22(19(23)28)10-13-4-3-5-14(20)9-13/h3-7,9,12,15-16,21H,8,10-11H2,1-2H3,(H,24,25)(H,26,27)/t15-,16?/m0/s1. The van der Waals surface area contributed by atoms with Crippen LogP contribution in [0.25, 0.3) is 0 Å². The van der Waals surface area contributed by atoms with Crippen molar-refractivity contribution in [3.8, 4) is 0 Å². The van der Waals surface area contributed by atoms with E-state index in [0.29, 0.717) is 5.56 Å². The summed E-state index contributed by atoms with van der Waals surface area (Å²) in [6.07, 6.45) is 3.17. The van der Waals surface area contributed by atoms with Gasteiger partial charge in [0.15, 0.2) is 0 Å². The summed E-state index contributed by atoms with van der Waals surface area (Å²) in [5, 5.41) is 21.4. The molecule has 2 rings (SSSR count). The highest BCUT2D eigenvalue weighted by molar-refractivity contribution is 5.77. The Morgan fingerprint density at radius 1 is 1.11 bits per heavy atom. The fourth-order valence-corrected chi connectivity index (χ4v) is 2.90. The van der Waals surface area contributed by atoms with Crippen molar-refractivity contribution in [1.82, 2.24) is 14.5 Å². The number of imidazole rings is 1. The molecule has 8 nitrogen and oxygen atoms in total. The number of hydrogen-bond donors (Lipinski definition) is 3. The van der Waals surface area contributed by atoms with Crippen molar-refractivity contribution >= 4 is 11.9 Å². The average molecular weight is 393 g/mol. The molecule has 0 aliphatic heterocycles. The third kappa shape index (κ3) is 5.78. The first-order valence-electron chi connectivity index (χ1n) is 8.89. The molecule has 0 fully saturated rings. The number of rotatable bonds is 10. The second-order valence-corrected chi connectivity index (χ2v) is 7.07. The Morgan fingerprint density at radius 2 is 1.75 bits per heavy atom. The minimum atomic E-state index is -1.25. The zero-order valence-electron chi connectivity index (χ0n) is 15.7. The van der Waals surface area contributed by atoms with E-state index < -0.39 is 35.5 Å². The summed E-state index contributed by atoms with van der Waals surface area (Å²) in [5.41, 5.74) is 0.128. The minimum absolute atomic E-state index is 0.0538. The molecular formula is C19H24FN3O5. The molecule has 0 saturated heterocycles. The highest BCUT2D eigenvalue weighted by Crippen LogP contribution is 2.08. The van der Waals surface area contributed by atoms with Gasteiger partial charge in [0.1, 0.15) is 17.9 Å². The minimum Gasteiger partial charge on any atom is -0.480 e. The number of aromatic nitrogens is 2. The van der Waals surface area contributed by atoms with Crippen LogP contribution >= 0.6 is 0 Å². The summed E-state index contributed by atoms with van der Waals surface area (Å²) in [5.74, 6) is -2.75. The zero-order chi connectivity index (χ0) is 20.8. The van der Waals surface area contributed by atoms with E-state index in [4.69, 9.17) is 0 Å². The van der Waals surface area contributed by atoms with Gasteiger partial charge in [0.2, 0.25) is 0 Å². The summed E-state index contributed by atoms with van der Waals surface area (Å²) in [6, 6.07) is 3.55. The number of carbonyl (C=O) groups is 2. The van der Waals surface area contributed by atoms with Crippen LogP contribution in [0.15, 0.2) is 41.5 Å². The third-order valence-electron chi connectivity index (χ3n) is 4.24. The van der Waals surface area contributed by atoms with Gasteiger partial charge in [-0.05, 0) is 30.0 Å². The molecule has 152 valence electrons. The normalized spacial score (nSPS) is 13.4. The van der Waals surface area contributed by atoms with E-state index in [0.717, 1.165) is 0 Å². The lowest BCUT2D eigenvalue weighted by molar-refractivity contribution is -0.143. The number of halogens is 1. The Bertz CT molecular complexity index is 890. The molecule has 1 aromatic heterocycles. The maximum atomic E-state index is 13.3. The summed E-state index contributed by atoms with van der Waals surface area (Å²) in [7, 11) is 0. The predicted octanol–water partition coefficient (Wildman–Crippen LogP) is 1.38. The van der Waals surface area contributed by atoms with E-state index in [1.165, 1.54) is 39.7 Å². The van der Waals surface area contributed by atoms with Gasteiger partial charge >= 0.3 is 17.6 Å². The largest absolute Gasteiger partial charge is 0.480 e. The molecule has 28 heavy (non-hydrogen) atoms. The van der Waals surface area contributed by atoms with Crippen molar-refractivity contribution < 1.29 is 24.2 Å². The van der Waals surface area contributed by atoms with E-state index in [1.54, 1.807) is 6.07 Å². The molecule has 1 heterocycles. The van der Waals surface area contributed by atoms with Crippen LogP contribution in [0.1, 0.15) is 25.8 Å². The van der Waals surface area contributed by atoms with Crippen LogP contribution in [0, 0.1) is 11.7 Å². The molecule has 0 aliphatic rings. The van der Waals surface area contributed by atoms with Crippen LogP contribution in [-0.2, 0) is 22.7 Å². The molecule has 9 heteroatoms. The molecule has 2 aromatic rings. The lowest BCUT2D eigenvalue weighted by Crippen LogP contribution is -2.50. The second kappa shape index (κ2) is 9.32. The van der Waals surface area contributed by atoms with Crippen molar-refractivity contribution in [2.45, 2.75) is 45.4 Å². The van der Waals surface area contributed by atoms with Gasteiger partial charge in [-0.2, -0.15) is 0 Å². The number of aliphatic carboxylic acids is 2. The first kappa shape index (κ1) is 21.4. The van der Waals surface area contributed by atoms with Crippen molar-refractivity contribution in [1.29, 1.82) is 0 Å². The molecule has 1 aromatic carbocycles. The summed E-state index contributed by atoms with van der Waals surface area (Å²) in [4.78, 5) is 35.5. The third-order valence-corrected chi connectivity index (χ3v) is 4.24. The van der Waals surface area contributed by atoms with Crippen LogP contribution < -0.4 is 11.0 Å². The van der Waals surface area contributed by atoms with Gasteiger partial charge in [0.25, 0.3) is 0 Å². The Kier molecular flexibility index (Phi) is 7.11. The van der Waals surface area contributed by atoms with Crippen LogP contribution in [0.4, 0.5) is 4.39 Å². The smallest absolute Gasteiger partial charge is 0.328 e. The molecule has 2 atom stereocenters. The Hall–Kier alpha value is -2.94. The second-order valence-electron chi connectivity index (χ2n) is 7.07. The summed E-state index contributed by atoms with van der Waals surface area (Å²) >= 11 is 0. The van der Waals surface area contributed by atoms with Gasteiger partial charge in [-0.1, -0.05) is 26.0 Å². The highest BCUT2D eigenvalue weighted by Gasteiger charge is 2.27. The Balaban J connectivity index is 2.15. The van der Waals surface area contributed by atoms with Crippen LogP contribution in [0.5, 0.6) is 0 Å². The number of nitrogens with one attached hydrogen (secondary N) is 1. The Morgan fingerprint density at radius 3 is 2.32 bits per heavy atom. The van der Waals surface area contributed by atoms with Gasteiger partial charge in [0.05, 0.1) is 13.1 Å². The van der Waals surface area contributed by atoms with Gasteiger partial charge in [0, 0.05) is 12.4 Å². The topological polar surface area (TPSA) is 114 Å². The molecule has 0 saturated carbocycles. The zero-order valence-corrected chi connectivity index (χ0v) is 15.7. The van der Waals surface area contributed by atoms with Gasteiger partial charge in [-0.3, -0.25) is 24.0 Å². The Labute approximate surface area is 161 Å². The van der Waals surface area contributed by atoms with E-state index in [2.05, 4.69) is 5.32 Å². The monoisotopic (exact) mass is 393 g/mol. The summed E-state index contributed by atoms with van der Waals surface area (Å²) in [6.45, 7) is 3.58. The molecular weight excluding hydrogens is 369 g/mol. The van der Waals surface area contributed by atoms with E-state index in [-0.39, 0.29) is 25.4 Å². The van der Waals surface area contributed by atoms with Crippen LogP contribution in [-0.4, -0.2) is 43.4 Å². The van der Waals surface area contributed by atoms with Crippen LogP contribution in [0.3, 0.4) is 0 Å². The number of carboxylic acid groups (broad SMARTS) is 2. The molecule has 0 amide bonds. The van der Waals surface area contributed by atoms with Crippen molar-refractivity contribution in [2.75, 3.05) is 0 Å². The van der Waals surface area contributed by atoms with E-state index >= 15 is 0 Å². The predicted molar refractivity (Wildman–Crippen MR) is 99.6 cm³/mol. The van der Waals surface area contributed by atoms with Crippen molar-refractivity contribution in [3.63, 3.8) is 0 Å². The summed E-state index contributed by atoms with van der Waals surface area (Å²) < 4.78 is 15.8. The first-order chi connectivity index (χ1) is 13.2.